The lowest BCUT2D eigenvalue weighted by Gasteiger charge is -2.29. The topological polar surface area (TPSA) is 66.9 Å². The molecule has 0 atom stereocenters. The molecule has 2 heterocycles. The number of carbonyl (C=O) groups is 3. The smallest absolute Gasteiger partial charge is 0.294 e. The molecule has 0 radical (unpaired) electrons. The van der Waals surface area contributed by atoms with Crippen LogP contribution in [0.4, 0.5) is 9.18 Å². The number of nitrogens with zero attached hydrogens (tertiary/aromatic N) is 2. The van der Waals surface area contributed by atoms with Gasteiger partial charge in [0, 0.05) is 13.1 Å². The van der Waals surface area contributed by atoms with Gasteiger partial charge in [-0.15, -0.1) is 0 Å². The molecule has 188 valence electrons. The van der Waals surface area contributed by atoms with Gasteiger partial charge in [-0.2, -0.15) is 0 Å². The van der Waals surface area contributed by atoms with Crippen molar-refractivity contribution in [3.63, 3.8) is 0 Å². The second kappa shape index (κ2) is 10.9. The Hall–Kier alpha value is -3.43. The van der Waals surface area contributed by atoms with Crippen molar-refractivity contribution in [3.05, 3.63) is 104 Å². The second-order valence-corrected chi connectivity index (χ2v) is 10.6. The first kappa shape index (κ1) is 25.2. The van der Waals surface area contributed by atoms with Gasteiger partial charge in [0.1, 0.15) is 24.7 Å². The first-order valence-corrected chi connectivity index (χ1v) is 13.2. The molecule has 6 nitrogen and oxygen atoms in total. The second-order valence-electron chi connectivity index (χ2n) is 8.71. The van der Waals surface area contributed by atoms with E-state index in [1.165, 1.54) is 17.7 Å². The summed E-state index contributed by atoms with van der Waals surface area (Å²) in [6.45, 7) is 0.957. The Balaban J connectivity index is 1.22. The van der Waals surface area contributed by atoms with Crippen molar-refractivity contribution >= 4 is 50.8 Å². The van der Waals surface area contributed by atoms with E-state index in [2.05, 4.69) is 22.0 Å². The number of rotatable bonds is 6. The molecule has 0 saturated carbocycles. The Morgan fingerprint density at radius 2 is 1.86 bits per heavy atom. The zero-order valence-electron chi connectivity index (χ0n) is 19.7. The van der Waals surface area contributed by atoms with Crippen LogP contribution in [0, 0.1) is 5.82 Å². The molecule has 0 spiro atoms. The number of thioether (sulfide) groups is 1. The normalized spacial score (nSPS) is 16.3. The van der Waals surface area contributed by atoms with E-state index in [-0.39, 0.29) is 29.8 Å². The minimum Gasteiger partial charge on any atom is -0.488 e. The van der Waals surface area contributed by atoms with E-state index >= 15 is 0 Å². The fraction of sp³-hybridized carbons (Fsp3) is 0.179. The predicted molar refractivity (Wildman–Crippen MR) is 143 cm³/mol. The lowest BCUT2D eigenvalue weighted by Crippen LogP contribution is -2.44. The Morgan fingerprint density at radius 1 is 1.05 bits per heavy atom. The molecule has 5 rings (SSSR count). The van der Waals surface area contributed by atoms with E-state index in [0.717, 1.165) is 28.6 Å². The van der Waals surface area contributed by atoms with E-state index in [0.29, 0.717) is 34.4 Å². The van der Waals surface area contributed by atoms with Gasteiger partial charge in [-0.25, -0.2) is 4.39 Å². The quantitative estimate of drug-likeness (QED) is 0.345. The Labute approximate surface area is 226 Å². The van der Waals surface area contributed by atoms with Crippen LogP contribution in [-0.4, -0.2) is 39.9 Å². The minimum atomic E-state index is -0.483. The summed E-state index contributed by atoms with van der Waals surface area (Å²) in [4.78, 5) is 41.4. The lowest BCUT2D eigenvalue weighted by molar-refractivity contribution is -0.136. The van der Waals surface area contributed by atoms with Crippen LogP contribution in [0.25, 0.3) is 6.08 Å². The van der Waals surface area contributed by atoms with E-state index in [1.807, 2.05) is 18.2 Å². The molecule has 2 aliphatic heterocycles. The Bertz CT molecular complexity index is 1430. The van der Waals surface area contributed by atoms with Gasteiger partial charge in [0.05, 0.1) is 9.38 Å². The molecule has 1 saturated heterocycles. The van der Waals surface area contributed by atoms with Gasteiger partial charge < -0.3 is 9.64 Å². The zero-order valence-corrected chi connectivity index (χ0v) is 22.1. The average Bonchev–Trinajstić information content (AvgIpc) is 3.15. The van der Waals surface area contributed by atoms with Gasteiger partial charge in [0.2, 0.25) is 5.91 Å². The summed E-state index contributed by atoms with van der Waals surface area (Å²) in [6, 6.07) is 19.4. The number of ether oxygens (including phenoxy) is 1. The van der Waals surface area contributed by atoms with E-state index in [4.69, 9.17) is 4.74 Å². The summed E-state index contributed by atoms with van der Waals surface area (Å²) in [5, 5.41) is -0.462. The highest BCUT2D eigenvalue weighted by Gasteiger charge is 2.37. The number of amides is 3. The maximum atomic E-state index is 13.4. The number of benzene rings is 3. The highest BCUT2D eigenvalue weighted by Crippen LogP contribution is 2.34. The van der Waals surface area contributed by atoms with Crippen molar-refractivity contribution in [3.8, 4) is 5.75 Å². The van der Waals surface area contributed by atoms with Crippen LogP contribution in [-0.2, 0) is 29.2 Å². The van der Waals surface area contributed by atoms with Crippen LogP contribution in [0.5, 0.6) is 5.75 Å². The summed E-state index contributed by atoms with van der Waals surface area (Å²) in [5.41, 5.74) is 3.70. The Morgan fingerprint density at radius 3 is 2.65 bits per heavy atom. The van der Waals surface area contributed by atoms with Gasteiger partial charge >= 0.3 is 0 Å². The summed E-state index contributed by atoms with van der Waals surface area (Å²) >= 11 is 4.28. The molecule has 2 aliphatic rings. The lowest BCUT2D eigenvalue weighted by atomic mass is 10.00. The standard InChI is InChI=1S/C28H22BrFN2O4S/c29-23-13-18(8-9-24(23)36-17-19-4-3-7-22(30)12-19)14-25-27(34)32(28(35)37-25)16-26(33)31-11-10-20-5-1-2-6-21(20)15-31/h1-9,12-14H,10-11,15-17H2/b25-14-. The zero-order chi connectivity index (χ0) is 25.9. The van der Waals surface area contributed by atoms with Crippen LogP contribution < -0.4 is 4.74 Å². The molecule has 37 heavy (non-hydrogen) atoms. The predicted octanol–water partition coefficient (Wildman–Crippen LogP) is 5.79. The number of imide groups is 1. The van der Waals surface area contributed by atoms with Crippen LogP contribution in [0.15, 0.2) is 76.1 Å². The van der Waals surface area contributed by atoms with Crippen molar-refractivity contribution < 1.29 is 23.5 Å². The molecular weight excluding hydrogens is 559 g/mol. The molecular formula is C28H22BrFN2O4S. The number of hydrogen-bond acceptors (Lipinski definition) is 5. The molecule has 1 fully saturated rings. The monoisotopic (exact) mass is 580 g/mol. The SMILES string of the molecule is O=C(CN1C(=O)S/C(=C\c2ccc(OCc3cccc(F)c3)c(Br)c2)C1=O)N1CCc2ccccc2C1. The summed E-state index contributed by atoms with van der Waals surface area (Å²) in [7, 11) is 0. The maximum absolute atomic E-state index is 13.4. The number of carbonyl (C=O) groups excluding carboxylic acids is 3. The van der Waals surface area contributed by atoms with Gasteiger partial charge in [0.15, 0.2) is 0 Å². The molecule has 0 aromatic heterocycles. The highest BCUT2D eigenvalue weighted by atomic mass is 79.9. The van der Waals surface area contributed by atoms with Gasteiger partial charge in [0.25, 0.3) is 11.1 Å². The van der Waals surface area contributed by atoms with Gasteiger partial charge in [-0.05, 0) is 86.7 Å². The van der Waals surface area contributed by atoms with Crippen molar-refractivity contribution in [2.24, 2.45) is 0 Å². The largest absolute Gasteiger partial charge is 0.488 e. The molecule has 3 aromatic rings. The fourth-order valence-electron chi connectivity index (χ4n) is 4.24. The minimum absolute atomic E-state index is 0.200. The summed E-state index contributed by atoms with van der Waals surface area (Å²) < 4.78 is 19.8. The van der Waals surface area contributed by atoms with Crippen LogP contribution in [0.2, 0.25) is 0 Å². The summed E-state index contributed by atoms with van der Waals surface area (Å²) in [5.74, 6) is -0.500. The van der Waals surface area contributed by atoms with Gasteiger partial charge in [-0.3, -0.25) is 19.3 Å². The van der Waals surface area contributed by atoms with Gasteiger partial charge in [-0.1, -0.05) is 42.5 Å². The molecule has 9 heteroatoms. The average molecular weight is 581 g/mol. The van der Waals surface area contributed by atoms with E-state index < -0.39 is 11.1 Å². The van der Waals surface area contributed by atoms with E-state index in [9.17, 15) is 18.8 Å². The maximum Gasteiger partial charge on any atom is 0.294 e. The third-order valence-corrected chi connectivity index (χ3v) is 7.71. The first-order chi connectivity index (χ1) is 17.9. The van der Waals surface area contributed by atoms with Crippen molar-refractivity contribution in [2.75, 3.05) is 13.1 Å². The third-order valence-electron chi connectivity index (χ3n) is 6.19. The fourth-order valence-corrected chi connectivity index (χ4v) is 5.59. The molecule has 3 aromatic carbocycles. The van der Waals surface area contributed by atoms with Crippen molar-refractivity contribution in [1.29, 1.82) is 0 Å². The molecule has 0 bridgehead atoms. The molecule has 0 N–H and O–H groups in total. The number of hydrogen-bond donors (Lipinski definition) is 0. The van der Waals surface area contributed by atoms with E-state index in [1.54, 1.807) is 41.3 Å². The molecule has 0 aliphatic carbocycles. The molecule has 3 amide bonds. The van der Waals surface area contributed by atoms with Crippen LogP contribution in [0.1, 0.15) is 22.3 Å². The first-order valence-electron chi connectivity index (χ1n) is 11.6. The summed E-state index contributed by atoms with van der Waals surface area (Å²) in [6.07, 6.45) is 2.37. The number of fused-ring (bicyclic) bond motifs is 1. The van der Waals surface area contributed by atoms with Crippen molar-refractivity contribution in [2.45, 2.75) is 19.6 Å². The molecule has 0 unspecified atom stereocenters. The Kier molecular flexibility index (Phi) is 7.43. The van der Waals surface area contributed by atoms with Crippen LogP contribution >= 0.6 is 27.7 Å². The third kappa shape index (κ3) is 5.78. The highest BCUT2D eigenvalue weighted by molar-refractivity contribution is 9.10. The van der Waals surface area contributed by atoms with Crippen LogP contribution in [0.3, 0.4) is 0 Å². The number of halogens is 2. The van der Waals surface area contributed by atoms with Crippen molar-refractivity contribution in [1.82, 2.24) is 9.80 Å².